The summed E-state index contributed by atoms with van der Waals surface area (Å²) >= 11 is 6.03. The molecule has 0 radical (unpaired) electrons. The van der Waals surface area contributed by atoms with E-state index >= 15 is 0 Å². The lowest BCUT2D eigenvalue weighted by atomic mass is 10.2. The summed E-state index contributed by atoms with van der Waals surface area (Å²) in [6.45, 7) is 4.72. The van der Waals surface area contributed by atoms with Crippen LogP contribution in [-0.4, -0.2) is 51.3 Å². The minimum atomic E-state index is -0.104. The first-order chi connectivity index (χ1) is 13.0. The van der Waals surface area contributed by atoms with Gasteiger partial charge < -0.3 is 24.6 Å². The van der Waals surface area contributed by atoms with Crippen LogP contribution in [0.5, 0.6) is 11.5 Å². The number of aryl methyl sites for hydroxylation is 1. The number of anilines is 2. The molecule has 1 aliphatic heterocycles. The lowest BCUT2D eigenvalue weighted by Crippen LogP contribution is -2.50. The number of urea groups is 1. The highest BCUT2D eigenvalue weighted by Gasteiger charge is 2.22. The number of methoxy groups -OCH3 is 2. The molecule has 2 amide bonds. The van der Waals surface area contributed by atoms with Crippen LogP contribution < -0.4 is 19.7 Å². The Morgan fingerprint density at radius 2 is 1.70 bits per heavy atom. The third-order valence-corrected chi connectivity index (χ3v) is 4.98. The second-order valence-corrected chi connectivity index (χ2v) is 6.84. The molecule has 27 heavy (non-hydrogen) atoms. The van der Waals surface area contributed by atoms with E-state index in [0.29, 0.717) is 29.6 Å². The van der Waals surface area contributed by atoms with Crippen molar-refractivity contribution in [1.29, 1.82) is 0 Å². The second kappa shape index (κ2) is 8.39. The maximum atomic E-state index is 12.6. The summed E-state index contributed by atoms with van der Waals surface area (Å²) in [6.07, 6.45) is 0. The van der Waals surface area contributed by atoms with Gasteiger partial charge in [0.25, 0.3) is 0 Å². The number of nitrogens with one attached hydrogen (secondary N) is 1. The lowest BCUT2D eigenvalue weighted by molar-refractivity contribution is 0.208. The summed E-state index contributed by atoms with van der Waals surface area (Å²) in [5.41, 5.74) is 2.78. The molecule has 1 fully saturated rings. The molecule has 0 aromatic heterocycles. The fourth-order valence-corrected chi connectivity index (χ4v) is 3.28. The summed E-state index contributed by atoms with van der Waals surface area (Å²) in [7, 11) is 3.25. The number of hydrogen-bond donors (Lipinski definition) is 1. The third kappa shape index (κ3) is 4.39. The van der Waals surface area contributed by atoms with Gasteiger partial charge in [0.2, 0.25) is 0 Å². The van der Waals surface area contributed by atoms with Crippen molar-refractivity contribution in [2.75, 3.05) is 50.6 Å². The molecule has 0 spiro atoms. The molecule has 0 unspecified atom stereocenters. The first-order valence-corrected chi connectivity index (χ1v) is 9.18. The molecule has 0 saturated carbocycles. The average Bonchev–Trinajstić information content (AvgIpc) is 2.70. The second-order valence-electron chi connectivity index (χ2n) is 6.40. The molecule has 2 aromatic rings. The highest BCUT2D eigenvalue weighted by Crippen LogP contribution is 2.32. The minimum Gasteiger partial charge on any atom is -0.493 e. The van der Waals surface area contributed by atoms with Gasteiger partial charge in [-0.25, -0.2) is 4.79 Å². The van der Waals surface area contributed by atoms with Crippen molar-refractivity contribution in [3.05, 3.63) is 47.0 Å². The van der Waals surface area contributed by atoms with Gasteiger partial charge in [0.1, 0.15) is 0 Å². The standard InChI is InChI=1S/C20H24ClN3O3/c1-14-4-5-15(21)12-17(14)22-20(25)24-10-8-23(9-11-24)16-6-7-18(26-2)19(13-16)27-3/h4-7,12-13H,8-11H2,1-3H3,(H,22,25). The van der Waals surface area contributed by atoms with Gasteiger partial charge in [0, 0.05) is 48.6 Å². The Kier molecular flexibility index (Phi) is 5.96. The number of amides is 2. The van der Waals surface area contributed by atoms with Gasteiger partial charge in [0.15, 0.2) is 11.5 Å². The van der Waals surface area contributed by atoms with Gasteiger partial charge in [-0.3, -0.25) is 0 Å². The number of carbonyl (C=O) groups is 1. The smallest absolute Gasteiger partial charge is 0.321 e. The fraction of sp³-hybridized carbons (Fsp3) is 0.350. The van der Waals surface area contributed by atoms with Gasteiger partial charge >= 0.3 is 6.03 Å². The van der Waals surface area contributed by atoms with Gasteiger partial charge in [-0.05, 0) is 36.8 Å². The van der Waals surface area contributed by atoms with Crippen molar-refractivity contribution in [3.8, 4) is 11.5 Å². The highest BCUT2D eigenvalue weighted by molar-refractivity contribution is 6.31. The average molecular weight is 390 g/mol. The Bertz CT molecular complexity index is 820. The zero-order valence-corrected chi connectivity index (χ0v) is 16.5. The maximum absolute atomic E-state index is 12.6. The van der Waals surface area contributed by atoms with Crippen LogP contribution in [0.15, 0.2) is 36.4 Å². The zero-order chi connectivity index (χ0) is 19.4. The molecule has 6 nitrogen and oxygen atoms in total. The Morgan fingerprint density at radius 1 is 1.00 bits per heavy atom. The molecule has 1 saturated heterocycles. The predicted octanol–water partition coefficient (Wildman–Crippen LogP) is 4.02. The van der Waals surface area contributed by atoms with E-state index in [-0.39, 0.29) is 6.03 Å². The molecular formula is C20H24ClN3O3. The molecule has 2 aromatic carbocycles. The minimum absolute atomic E-state index is 0.104. The molecule has 3 rings (SSSR count). The Labute approximate surface area is 164 Å². The van der Waals surface area contributed by atoms with Crippen molar-refractivity contribution < 1.29 is 14.3 Å². The van der Waals surface area contributed by atoms with Crippen LogP contribution in [-0.2, 0) is 0 Å². The number of nitrogens with zero attached hydrogens (tertiary/aromatic N) is 2. The highest BCUT2D eigenvalue weighted by atomic mass is 35.5. The molecule has 144 valence electrons. The van der Waals surface area contributed by atoms with E-state index in [9.17, 15) is 4.79 Å². The molecule has 7 heteroatoms. The van der Waals surface area contributed by atoms with Crippen LogP contribution in [0.4, 0.5) is 16.2 Å². The Morgan fingerprint density at radius 3 is 2.37 bits per heavy atom. The van der Waals surface area contributed by atoms with Crippen LogP contribution in [0.1, 0.15) is 5.56 Å². The van der Waals surface area contributed by atoms with Crippen LogP contribution in [0.2, 0.25) is 5.02 Å². The van der Waals surface area contributed by atoms with Crippen molar-refractivity contribution >= 4 is 29.0 Å². The first kappa shape index (κ1) is 19.2. The van der Waals surface area contributed by atoms with Crippen LogP contribution >= 0.6 is 11.6 Å². The number of hydrogen-bond acceptors (Lipinski definition) is 4. The molecular weight excluding hydrogens is 366 g/mol. The van der Waals surface area contributed by atoms with E-state index in [2.05, 4.69) is 10.2 Å². The monoisotopic (exact) mass is 389 g/mol. The largest absolute Gasteiger partial charge is 0.493 e. The maximum Gasteiger partial charge on any atom is 0.321 e. The van der Waals surface area contributed by atoms with Crippen molar-refractivity contribution in [2.45, 2.75) is 6.92 Å². The Balaban J connectivity index is 1.61. The molecule has 1 aliphatic rings. The van der Waals surface area contributed by atoms with Crippen LogP contribution in [0.25, 0.3) is 0 Å². The summed E-state index contributed by atoms with van der Waals surface area (Å²) in [5, 5.41) is 3.56. The molecule has 1 N–H and O–H groups in total. The van der Waals surface area contributed by atoms with E-state index in [1.165, 1.54) is 0 Å². The number of benzene rings is 2. The quantitative estimate of drug-likeness (QED) is 0.858. The summed E-state index contributed by atoms with van der Waals surface area (Å²) in [4.78, 5) is 16.6. The number of halogens is 1. The number of carbonyl (C=O) groups excluding carboxylic acids is 1. The normalized spacial score (nSPS) is 14.1. The van der Waals surface area contributed by atoms with Gasteiger partial charge in [-0.2, -0.15) is 0 Å². The van der Waals surface area contributed by atoms with Gasteiger partial charge in [-0.1, -0.05) is 17.7 Å². The first-order valence-electron chi connectivity index (χ1n) is 8.81. The van der Waals surface area contributed by atoms with Crippen LogP contribution in [0, 0.1) is 6.92 Å². The van der Waals surface area contributed by atoms with Crippen molar-refractivity contribution in [1.82, 2.24) is 4.90 Å². The summed E-state index contributed by atoms with van der Waals surface area (Å²) in [5.74, 6) is 1.41. The van der Waals surface area contributed by atoms with Gasteiger partial charge in [0.05, 0.1) is 14.2 Å². The molecule has 0 atom stereocenters. The number of rotatable bonds is 4. The summed E-state index contributed by atoms with van der Waals surface area (Å²) < 4.78 is 10.7. The lowest BCUT2D eigenvalue weighted by Gasteiger charge is -2.36. The number of ether oxygens (including phenoxy) is 2. The van der Waals surface area contributed by atoms with E-state index in [1.54, 1.807) is 20.3 Å². The van der Waals surface area contributed by atoms with E-state index < -0.39 is 0 Å². The molecule has 0 bridgehead atoms. The fourth-order valence-electron chi connectivity index (χ4n) is 3.11. The summed E-state index contributed by atoms with van der Waals surface area (Å²) in [6, 6.07) is 11.2. The van der Waals surface area contributed by atoms with Gasteiger partial charge in [-0.15, -0.1) is 0 Å². The van der Waals surface area contributed by atoms with E-state index in [1.807, 2.05) is 42.2 Å². The number of piperazine rings is 1. The van der Waals surface area contributed by atoms with E-state index in [0.717, 1.165) is 30.0 Å². The molecule has 0 aliphatic carbocycles. The third-order valence-electron chi connectivity index (χ3n) is 4.74. The SMILES string of the molecule is COc1ccc(N2CCN(C(=O)Nc3cc(Cl)ccc3C)CC2)cc1OC. The topological polar surface area (TPSA) is 54.0 Å². The van der Waals surface area contributed by atoms with E-state index in [4.69, 9.17) is 21.1 Å². The Hall–Kier alpha value is -2.60. The van der Waals surface area contributed by atoms with Crippen molar-refractivity contribution in [2.24, 2.45) is 0 Å². The predicted molar refractivity (Wildman–Crippen MR) is 109 cm³/mol. The van der Waals surface area contributed by atoms with Crippen LogP contribution in [0.3, 0.4) is 0 Å². The molecule has 1 heterocycles. The van der Waals surface area contributed by atoms with Crippen molar-refractivity contribution in [3.63, 3.8) is 0 Å². The zero-order valence-electron chi connectivity index (χ0n) is 15.8.